The highest BCUT2D eigenvalue weighted by Gasteiger charge is 2.29. The summed E-state index contributed by atoms with van der Waals surface area (Å²) in [7, 11) is 0. The van der Waals surface area contributed by atoms with Crippen molar-refractivity contribution in [2.24, 2.45) is 5.41 Å². The van der Waals surface area contributed by atoms with Crippen molar-refractivity contribution in [2.75, 3.05) is 0 Å². The lowest BCUT2D eigenvalue weighted by Crippen LogP contribution is -2.29. The van der Waals surface area contributed by atoms with Crippen molar-refractivity contribution >= 4 is 17.4 Å². The molecular formula is C16H18ClN3O2. The third kappa shape index (κ3) is 4.18. The van der Waals surface area contributed by atoms with Crippen molar-refractivity contribution < 1.29 is 9.53 Å². The van der Waals surface area contributed by atoms with Gasteiger partial charge in [-0.05, 0) is 30.3 Å². The molecule has 22 heavy (non-hydrogen) atoms. The number of ketones is 1. The van der Waals surface area contributed by atoms with Gasteiger partial charge in [-0.2, -0.15) is 5.10 Å². The van der Waals surface area contributed by atoms with E-state index in [0.717, 1.165) is 0 Å². The van der Waals surface area contributed by atoms with Gasteiger partial charge in [-0.1, -0.05) is 32.4 Å². The number of carbonyl (C=O) groups is 1. The average Bonchev–Trinajstić information content (AvgIpc) is 2.98. The van der Waals surface area contributed by atoms with Crippen molar-refractivity contribution in [1.82, 2.24) is 14.8 Å². The predicted molar refractivity (Wildman–Crippen MR) is 84.7 cm³/mol. The number of ether oxygens (including phenoxy) is 1. The van der Waals surface area contributed by atoms with E-state index in [0.29, 0.717) is 10.8 Å². The molecule has 0 fully saturated rings. The lowest BCUT2D eigenvalue weighted by atomic mass is 9.86. The number of carbonyl (C=O) groups excluding carboxylic acids is 1. The summed E-state index contributed by atoms with van der Waals surface area (Å²) < 4.78 is 7.01. The molecule has 1 unspecified atom stereocenters. The largest absolute Gasteiger partial charge is 0.465 e. The van der Waals surface area contributed by atoms with Crippen molar-refractivity contribution in [3.8, 4) is 5.75 Å². The van der Waals surface area contributed by atoms with Crippen LogP contribution >= 0.6 is 11.6 Å². The topological polar surface area (TPSA) is 57.0 Å². The molecule has 1 aromatic carbocycles. The molecule has 0 N–H and O–H groups in total. The van der Waals surface area contributed by atoms with Crippen LogP contribution in [-0.4, -0.2) is 20.5 Å². The molecule has 0 aliphatic heterocycles. The number of hydrogen-bond acceptors (Lipinski definition) is 4. The zero-order valence-corrected chi connectivity index (χ0v) is 13.5. The van der Waals surface area contributed by atoms with Crippen LogP contribution in [0.15, 0.2) is 49.3 Å². The zero-order chi connectivity index (χ0) is 16.2. The van der Waals surface area contributed by atoms with E-state index < -0.39 is 11.5 Å². The van der Waals surface area contributed by atoms with Gasteiger partial charge < -0.3 is 4.74 Å². The predicted octanol–water partition coefficient (Wildman–Crippen LogP) is 3.68. The van der Waals surface area contributed by atoms with Crippen LogP contribution < -0.4 is 4.74 Å². The summed E-state index contributed by atoms with van der Waals surface area (Å²) in [4.78, 5) is 16.4. The van der Waals surface area contributed by atoms with Gasteiger partial charge in [0.2, 0.25) is 0 Å². The van der Waals surface area contributed by atoms with Crippen molar-refractivity contribution in [2.45, 2.75) is 26.8 Å². The van der Waals surface area contributed by atoms with Crippen LogP contribution in [0.5, 0.6) is 5.75 Å². The Morgan fingerprint density at radius 2 is 2.00 bits per heavy atom. The fourth-order valence-corrected chi connectivity index (χ4v) is 1.93. The maximum atomic E-state index is 12.5. The second kappa shape index (κ2) is 6.75. The van der Waals surface area contributed by atoms with E-state index in [4.69, 9.17) is 16.3 Å². The molecule has 0 aliphatic rings. The molecule has 1 heterocycles. The van der Waals surface area contributed by atoms with Gasteiger partial charge in [0.05, 0.1) is 6.26 Å². The van der Waals surface area contributed by atoms with Gasteiger partial charge in [0.15, 0.2) is 5.78 Å². The number of nitrogens with zero attached hydrogens (tertiary/aromatic N) is 3. The first-order chi connectivity index (χ1) is 10.4. The summed E-state index contributed by atoms with van der Waals surface area (Å²) in [6.45, 7) is 5.60. The average molecular weight is 320 g/mol. The van der Waals surface area contributed by atoms with Crippen LogP contribution in [0.1, 0.15) is 26.8 Å². The first kappa shape index (κ1) is 16.2. The van der Waals surface area contributed by atoms with E-state index in [9.17, 15) is 4.79 Å². The van der Waals surface area contributed by atoms with E-state index in [2.05, 4.69) is 10.1 Å². The zero-order valence-electron chi connectivity index (χ0n) is 12.7. The molecular weight excluding hydrogens is 302 g/mol. The van der Waals surface area contributed by atoms with Crippen LogP contribution in [-0.2, 0) is 4.79 Å². The molecule has 5 nitrogen and oxygen atoms in total. The first-order valence-electron chi connectivity index (χ1n) is 6.85. The summed E-state index contributed by atoms with van der Waals surface area (Å²) in [6.07, 6.45) is 6.06. The van der Waals surface area contributed by atoms with Crippen LogP contribution in [0.4, 0.5) is 0 Å². The number of aromatic nitrogens is 3. The highest BCUT2D eigenvalue weighted by molar-refractivity contribution is 6.30. The second-order valence-corrected chi connectivity index (χ2v) is 6.27. The van der Waals surface area contributed by atoms with Gasteiger partial charge in [-0.25, -0.2) is 9.67 Å². The van der Waals surface area contributed by atoms with Crippen LogP contribution in [0.25, 0.3) is 0 Å². The van der Waals surface area contributed by atoms with E-state index in [1.807, 2.05) is 20.8 Å². The molecule has 0 amide bonds. The molecule has 6 heteroatoms. The Balaban J connectivity index is 2.14. The maximum Gasteiger partial charge on any atom is 0.166 e. The summed E-state index contributed by atoms with van der Waals surface area (Å²) >= 11 is 5.82. The highest BCUT2D eigenvalue weighted by atomic mass is 35.5. The quantitative estimate of drug-likeness (QED) is 0.789. The molecule has 2 aromatic rings. The van der Waals surface area contributed by atoms with E-state index in [-0.39, 0.29) is 5.78 Å². The number of benzene rings is 1. The maximum absolute atomic E-state index is 12.5. The molecule has 1 atom stereocenters. The first-order valence-corrected chi connectivity index (χ1v) is 7.23. The van der Waals surface area contributed by atoms with Gasteiger partial charge in [0.1, 0.15) is 24.4 Å². The number of halogens is 1. The molecule has 0 saturated carbocycles. The smallest absolute Gasteiger partial charge is 0.166 e. The van der Waals surface area contributed by atoms with Crippen LogP contribution in [0.2, 0.25) is 5.02 Å². The minimum absolute atomic E-state index is 0.0222. The molecule has 0 spiro atoms. The van der Waals surface area contributed by atoms with E-state index >= 15 is 0 Å². The normalized spacial score (nSPS) is 13.3. The van der Waals surface area contributed by atoms with Crippen LogP contribution in [0, 0.1) is 5.41 Å². The minimum Gasteiger partial charge on any atom is -0.465 e. The Morgan fingerprint density at radius 3 is 2.55 bits per heavy atom. The minimum atomic E-state index is -0.560. The Kier molecular flexibility index (Phi) is 4.98. The third-order valence-corrected chi connectivity index (χ3v) is 3.26. The summed E-state index contributed by atoms with van der Waals surface area (Å²) in [5.41, 5.74) is -0.499. The Labute approximate surface area is 134 Å². The number of allylic oxidation sites excluding steroid dienone is 1. The number of hydrogen-bond donors (Lipinski definition) is 0. The monoisotopic (exact) mass is 319 g/mol. The Bertz CT molecular complexity index is 643. The number of rotatable bonds is 5. The molecule has 0 saturated heterocycles. The summed E-state index contributed by atoms with van der Waals surface area (Å²) in [6, 6.07) is 6.42. The lowest BCUT2D eigenvalue weighted by molar-refractivity contribution is -0.128. The lowest BCUT2D eigenvalue weighted by Gasteiger charge is -2.22. The molecule has 116 valence electrons. The van der Waals surface area contributed by atoms with Crippen molar-refractivity contribution in [1.29, 1.82) is 0 Å². The molecule has 0 radical (unpaired) electrons. The van der Waals surface area contributed by atoms with Crippen molar-refractivity contribution in [3.05, 3.63) is 54.3 Å². The molecule has 2 rings (SSSR count). The van der Waals surface area contributed by atoms with Gasteiger partial charge in [0, 0.05) is 10.4 Å². The standard InChI is InChI=1S/C16H18ClN3O2/c1-16(2,3)15(21)14(20-11-18-10-19-20)8-9-22-13-6-4-12(17)5-7-13/h4-11,14H,1-3H3/b9-8+. The Hall–Kier alpha value is -2.14. The summed E-state index contributed by atoms with van der Waals surface area (Å²) in [5, 5.41) is 4.69. The molecule has 0 bridgehead atoms. The van der Waals surface area contributed by atoms with Gasteiger partial charge in [-0.3, -0.25) is 4.79 Å². The fourth-order valence-electron chi connectivity index (χ4n) is 1.81. The van der Waals surface area contributed by atoms with E-state index in [1.54, 1.807) is 30.3 Å². The van der Waals surface area contributed by atoms with Crippen molar-refractivity contribution in [3.63, 3.8) is 0 Å². The summed E-state index contributed by atoms with van der Waals surface area (Å²) in [5.74, 6) is 0.662. The van der Waals surface area contributed by atoms with Crippen LogP contribution in [0.3, 0.4) is 0 Å². The Morgan fingerprint density at radius 1 is 1.32 bits per heavy atom. The van der Waals surface area contributed by atoms with Gasteiger partial charge in [-0.15, -0.1) is 0 Å². The van der Waals surface area contributed by atoms with Gasteiger partial charge >= 0.3 is 0 Å². The molecule has 1 aromatic heterocycles. The fraction of sp³-hybridized carbons (Fsp3) is 0.312. The molecule has 0 aliphatic carbocycles. The third-order valence-electron chi connectivity index (χ3n) is 3.01. The highest BCUT2D eigenvalue weighted by Crippen LogP contribution is 2.24. The van der Waals surface area contributed by atoms with E-state index in [1.165, 1.54) is 23.6 Å². The second-order valence-electron chi connectivity index (χ2n) is 5.83. The number of Topliss-reactive ketones (excluding diaryl/α,β-unsaturated/α-hetero) is 1. The van der Waals surface area contributed by atoms with Gasteiger partial charge in [0.25, 0.3) is 0 Å². The SMILES string of the molecule is CC(C)(C)C(=O)C(/C=C/Oc1ccc(Cl)cc1)n1cncn1.